The Bertz CT molecular complexity index is 1480. The maximum Gasteiger partial charge on any atom is 0.338 e. The van der Waals surface area contributed by atoms with Gasteiger partial charge in [-0.2, -0.15) is 0 Å². The molecule has 0 aromatic heterocycles. The summed E-state index contributed by atoms with van der Waals surface area (Å²) in [6.45, 7) is 6.21. The molecular formula is C37H40O6. The van der Waals surface area contributed by atoms with E-state index in [-0.39, 0.29) is 11.8 Å². The second-order valence-electron chi connectivity index (χ2n) is 11.8. The SMILES string of the molecule is CO[C@H]1[C@H](C)[C@@H](OC(=O)c2ccccc2)[C@@H](OC(=O)c2ccccc2)[C@](OC)(c2ccccc2C)C2C=CC=CCC21C. The van der Waals surface area contributed by atoms with E-state index in [4.69, 9.17) is 18.9 Å². The number of rotatable bonds is 7. The molecule has 0 aliphatic heterocycles. The van der Waals surface area contributed by atoms with Crippen LogP contribution in [0.2, 0.25) is 0 Å². The standard InChI is InChI=1S/C37H40O6/c1-25-17-14-15-22-29(25)37(41-5)30-23-13-8-16-24-36(30,3)32(40-4)26(2)31(42-34(38)27-18-9-6-10-19-27)33(37)43-35(39)28-20-11-7-12-21-28/h6-23,26,30-33H,24H2,1-5H3/t26-,30?,31-,32+,33-,36?,37+/m1/s1. The molecular weight excluding hydrogens is 540 g/mol. The average Bonchev–Trinajstić information content (AvgIpc) is 3.26. The number of carbonyl (C=O) groups excluding carboxylic acids is 2. The number of aryl methyl sites for hydroxylation is 1. The molecule has 0 heterocycles. The molecule has 2 aliphatic rings. The summed E-state index contributed by atoms with van der Waals surface area (Å²) in [7, 11) is 3.34. The van der Waals surface area contributed by atoms with Gasteiger partial charge in [0, 0.05) is 31.5 Å². The zero-order valence-corrected chi connectivity index (χ0v) is 25.4. The monoisotopic (exact) mass is 580 g/mol. The van der Waals surface area contributed by atoms with Crippen molar-refractivity contribution in [2.24, 2.45) is 17.3 Å². The second kappa shape index (κ2) is 12.7. The predicted octanol–water partition coefficient (Wildman–Crippen LogP) is 7.09. The van der Waals surface area contributed by atoms with Crippen molar-refractivity contribution in [3.05, 3.63) is 131 Å². The molecule has 6 nitrogen and oxygen atoms in total. The highest BCUT2D eigenvalue weighted by Gasteiger charge is 2.65. The van der Waals surface area contributed by atoms with E-state index in [2.05, 4.69) is 19.1 Å². The van der Waals surface area contributed by atoms with Crippen LogP contribution in [-0.4, -0.2) is 44.5 Å². The van der Waals surface area contributed by atoms with Gasteiger partial charge in [-0.3, -0.25) is 0 Å². The lowest BCUT2D eigenvalue weighted by Crippen LogP contribution is -2.57. The number of ether oxygens (including phenoxy) is 4. The van der Waals surface area contributed by atoms with Gasteiger partial charge in [0.05, 0.1) is 17.2 Å². The van der Waals surface area contributed by atoms with E-state index in [0.717, 1.165) is 11.1 Å². The summed E-state index contributed by atoms with van der Waals surface area (Å²) < 4.78 is 26.0. The average molecular weight is 581 g/mol. The van der Waals surface area contributed by atoms with Crippen molar-refractivity contribution in [3.8, 4) is 0 Å². The van der Waals surface area contributed by atoms with Crippen LogP contribution in [0, 0.1) is 24.2 Å². The van der Waals surface area contributed by atoms with E-state index in [1.807, 2.05) is 62.4 Å². The Hall–Kier alpha value is -4.00. The number of hydrogen-bond acceptors (Lipinski definition) is 6. The first-order valence-corrected chi connectivity index (χ1v) is 14.8. The minimum Gasteiger partial charge on any atom is -0.454 e. The first-order valence-electron chi connectivity index (χ1n) is 14.8. The maximum atomic E-state index is 13.9. The molecule has 0 saturated heterocycles. The van der Waals surface area contributed by atoms with Crippen molar-refractivity contribution in [2.75, 3.05) is 14.2 Å². The summed E-state index contributed by atoms with van der Waals surface area (Å²) in [6.07, 6.45) is 6.63. The molecule has 224 valence electrons. The molecule has 6 heteroatoms. The summed E-state index contributed by atoms with van der Waals surface area (Å²) in [5, 5.41) is 0. The minimum absolute atomic E-state index is 0.345. The predicted molar refractivity (Wildman–Crippen MR) is 166 cm³/mol. The molecule has 7 atom stereocenters. The lowest BCUT2D eigenvalue weighted by molar-refractivity contribution is -0.183. The molecule has 0 bridgehead atoms. The zero-order valence-electron chi connectivity index (χ0n) is 25.4. The maximum absolute atomic E-state index is 13.9. The van der Waals surface area contributed by atoms with Gasteiger partial charge in [0.2, 0.25) is 0 Å². The number of allylic oxidation sites excluding steroid dienone is 3. The summed E-state index contributed by atoms with van der Waals surface area (Å²) >= 11 is 0. The van der Waals surface area contributed by atoms with Crippen molar-refractivity contribution in [1.29, 1.82) is 0 Å². The Labute approximate surface area is 254 Å². The third-order valence-corrected chi connectivity index (χ3v) is 9.30. The van der Waals surface area contributed by atoms with Gasteiger partial charge in [-0.25, -0.2) is 9.59 Å². The van der Waals surface area contributed by atoms with Gasteiger partial charge in [0.25, 0.3) is 0 Å². The van der Waals surface area contributed by atoms with E-state index in [0.29, 0.717) is 17.5 Å². The van der Waals surface area contributed by atoms with Crippen molar-refractivity contribution in [2.45, 2.75) is 51.1 Å². The van der Waals surface area contributed by atoms with E-state index in [9.17, 15) is 9.59 Å². The highest BCUT2D eigenvalue weighted by molar-refractivity contribution is 5.90. The molecule has 0 spiro atoms. The van der Waals surface area contributed by atoms with Gasteiger partial charge in [-0.15, -0.1) is 0 Å². The Kier molecular flexibility index (Phi) is 9.00. The lowest BCUT2D eigenvalue weighted by atomic mass is 9.61. The molecule has 1 saturated carbocycles. The number of methoxy groups -OCH3 is 2. The molecule has 3 aromatic carbocycles. The molecule has 3 aromatic rings. The van der Waals surface area contributed by atoms with Crippen molar-refractivity contribution < 1.29 is 28.5 Å². The molecule has 2 unspecified atom stereocenters. The van der Waals surface area contributed by atoms with Crippen LogP contribution >= 0.6 is 0 Å². The Morgan fingerprint density at radius 2 is 1.35 bits per heavy atom. The molecule has 0 amide bonds. The van der Waals surface area contributed by atoms with Crippen LogP contribution in [0.5, 0.6) is 0 Å². The number of hydrogen-bond donors (Lipinski definition) is 0. The Morgan fingerprint density at radius 3 is 1.93 bits per heavy atom. The fourth-order valence-corrected chi connectivity index (χ4v) is 7.33. The number of esters is 2. The fraction of sp³-hybridized carbons (Fsp3) is 0.351. The van der Waals surface area contributed by atoms with Gasteiger partial charge in [-0.05, 0) is 48.7 Å². The van der Waals surface area contributed by atoms with Crippen LogP contribution in [0.3, 0.4) is 0 Å². The third-order valence-electron chi connectivity index (χ3n) is 9.30. The first-order chi connectivity index (χ1) is 20.8. The van der Waals surface area contributed by atoms with Crippen molar-refractivity contribution in [3.63, 3.8) is 0 Å². The van der Waals surface area contributed by atoms with Crippen LogP contribution < -0.4 is 0 Å². The summed E-state index contributed by atoms with van der Waals surface area (Å²) in [5.41, 5.74) is 0.831. The fourth-order valence-electron chi connectivity index (χ4n) is 7.33. The molecule has 43 heavy (non-hydrogen) atoms. The van der Waals surface area contributed by atoms with Crippen molar-refractivity contribution >= 4 is 11.9 Å². The molecule has 1 fully saturated rings. The van der Waals surface area contributed by atoms with E-state index in [1.165, 1.54) is 0 Å². The first kappa shape index (κ1) is 30.5. The van der Waals surface area contributed by atoms with Crippen LogP contribution in [0.15, 0.2) is 109 Å². The lowest BCUT2D eigenvalue weighted by Gasteiger charge is -2.50. The molecule has 2 aliphatic carbocycles. The largest absolute Gasteiger partial charge is 0.454 e. The van der Waals surface area contributed by atoms with Crippen LogP contribution in [0.25, 0.3) is 0 Å². The number of fused-ring (bicyclic) bond motifs is 1. The Balaban J connectivity index is 1.79. The van der Waals surface area contributed by atoms with Crippen LogP contribution in [-0.2, 0) is 24.5 Å². The highest BCUT2D eigenvalue weighted by Crippen LogP contribution is 2.58. The third kappa shape index (κ3) is 5.46. The van der Waals surface area contributed by atoms with Gasteiger partial charge in [0.15, 0.2) is 6.10 Å². The van der Waals surface area contributed by atoms with E-state index >= 15 is 0 Å². The van der Waals surface area contributed by atoms with Crippen LogP contribution in [0.1, 0.15) is 52.1 Å². The van der Waals surface area contributed by atoms with Gasteiger partial charge < -0.3 is 18.9 Å². The minimum atomic E-state index is -1.25. The van der Waals surface area contributed by atoms with Crippen molar-refractivity contribution in [1.82, 2.24) is 0 Å². The Morgan fingerprint density at radius 1 is 0.767 bits per heavy atom. The smallest absolute Gasteiger partial charge is 0.338 e. The normalized spacial score (nSPS) is 30.0. The second-order valence-corrected chi connectivity index (χ2v) is 11.8. The van der Waals surface area contributed by atoms with Gasteiger partial charge in [-0.1, -0.05) is 98.8 Å². The quantitative estimate of drug-likeness (QED) is 0.278. The molecule has 0 radical (unpaired) electrons. The molecule has 5 rings (SSSR count). The zero-order chi connectivity index (χ0) is 30.6. The van der Waals surface area contributed by atoms with E-state index < -0.39 is 41.3 Å². The number of carbonyl (C=O) groups is 2. The highest BCUT2D eigenvalue weighted by atomic mass is 16.6. The molecule has 0 N–H and O–H groups in total. The van der Waals surface area contributed by atoms with E-state index in [1.54, 1.807) is 62.8 Å². The van der Waals surface area contributed by atoms with Crippen LogP contribution in [0.4, 0.5) is 0 Å². The van der Waals surface area contributed by atoms with Gasteiger partial charge in [0.1, 0.15) is 11.7 Å². The topological polar surface area (TPSA) is 71.1 Å². The summed E-state index contributed by atoms with van der Waals surface area (Å²) in [4.78, 5) is 27.7. The number of benzene rings is 3. The van der Waals surface area contributed by atoms with Gasteiger partial charge >= 0.3 is 11.9 Å². The summed E-state index contributed by atoms with van der Waals surface area (Å²) in [6, 6.07) is 25.7. The summed E-state index contributed by atoms with van der Waals surface area (Å²) in [5.74, 6) is -1.77.